The highest BCUT2D eigenvalue weighted by molar-refractivity contribution is 7.13. The molecule has 2 saturated heterocycles. The number of benzene rings is 3. The first-order valence-electron chi connectivity index (χ1n) is 27.5. The molecule has 20 heteroatoms. The predicted octanol–water partition coefficient (Wildman–Crippen LogP) is 7.95. The van der Waals surface area contributed by atoms with E-state index in [-0.39, 0.29) is 51.3 Å². The Balaban J connectivity index is 0.675. The molecule has 3 amide bonds. The van der Waals surface area contributed by atoms with Gasteiger partial charge in [-0.05, 0) is 86.0 Å². The molecule has 3 aromatic heterocycles. The molecule has 2 aliphatic rings. The fraction of sp³-hybridized carbons (Fsp3) is 0.475. The normalized spacial score (nSPS) is 16.5. The van der Waals surface area contributed by atoms with E-state index in [1.165, 1.54) is 11.2 Å². The van der Waals surface area contributed by atoms with Crippen LogP contribution < -0.4 is 26.4 Å². The molecule has 0 unspecified atom stereocenters. The van der Waals surface area contributed by atoms with Crippen LogP contribution in [0.4, 0.5) is 11.5 Å². The summed E-state index contributed by atoms with van der Waals surface area (Å²) in [7, 11) is 0. The number of carbonyl (C=O) groups excluding carboxylic acids is 3. The van der Waals surface area contributed by atoms with Crippen LogP contribution in [0.25, 0.3) is 32.7 Å². The number of nitrogens with zero attached hydrogens (tertiary/aromatic N) is 7. The Hall–Kier alpha value is -6.81. The van der Waals surface area contributed by atoms with Crippen LogP contribution in [0.15, 0.2) is 97.3 Å². The van der Waals surface area contributed by atoms with Crippen LogP contribution in [0.1, 0.15) is 83.0 Å². The van der Waals surface area contributed by atoms with Crippen molar-refractivity contribution in [1.82, 2.24) is 45.2 Å². The van der Waals surface area contributed by atoms with Crippen molar-refractivity contribution in [3.05, 3.63) is 109 Å². The van der Waals surface area contributed by atoms with E-state index >= 15 is 0 Å². The van der Waals surface area contributed by atoms with Crippen molar-refractivity contribution in [3.8, 4) is 33.2 Å². The van der Waals surface area contributed by atoms with Gasteiger partial charge in [0.25, 0.3) is 0 Å². The number of unbranched alkanes of at least 4 members (excludes halogenated alkanes) is 3. The van der Waals surface area contributed by atoms with E-state index in [2.05, 4.69) is 47.1 Å². The standard InChI is InChI=1S/C59H77N11O8S/c1-6-24-61-47-33-43(20-21-49(47)78-46-14-10-9-11-15-46)52-51-55(60)63-38-64-56(51)70(67-52)44-22-26-68(27-23-44)25-12-7-8-13-28-75-29-30-76-31-32-77-37-50(72)66-54(59(3,4)5)58(74)69-36-45(71)34-48(69)57(73)62-35-41-16-18-42(19-17-41)53-40(2)65-39-79-53/h6,9-11,14-21,33,38-39,44-45,48,54,61,71H,1,7-8,12-13,22-32,34-37H2,2-5H3,(H,62,73)(H,66,72)(H2,60,63,64)/t45-,48+,54-/m1/s1. The number of aliphatic hydroxyl groups excluding tert-OH is 1. The van der Waals surface area contributed by atoms with Crippen molar-refractivity contribution < 1.29 is 38.4 Å². The second-order valence-electron chi connectivity index (χ2n) is 21.3. The molecule has 0 radical (unpaired) electrons. The molecule has 3 atom stereocenters. The van der Waals surface area contributed by atoms with Crippen molar-refractivity contribution >= 4 is 51.6 Å². The first-order chi connectivity index (χ1) is 38.3. The van der Waals surface area contributed by atoms with Crippen molar-refractivity contribution in [2.24, 2.45) is 5.41 Å². The maximum absolute atomic E-state index is 14.0. The molecule has 2 fully saturated rings. The number of anilines is 2. The maximum Gasteiger partial charge on any atom is 0.246 e. The van der Waals surface area contributed by atoms with Crippen molar-refractivity contribution in [3.63, 3.8) is 0 Å². The Morgan fingerprint density at radius 1 is 0.899 bits per heavy atom. The largest absolute Gasteiger partial charge is 0.455 e. The van der Waals surface area contributed by atoms with Gasteiger partial charge in [0.2, 0.25) is 17.7 Å². The molecule has 0 bridgehead atoms. The third-order valence-electron chi connectivity index (χ3n) is 14.3. The molecule has 6 N–H and O–H groups in total. The summed E-state index contributed by atoms with van der Waals surface area (Å²) in [6, 6.07) is 21.9. The lowest BCUT2D eigenvalue weighted by Crippen LogP contribution is -2.58. The van der Waals surface area contributed by atoms with Gasteiger partial charge >= 0.3 is 0 Å². The lowest BCUT2D eigenvalue weighted by atomic mass is 9.85. The predicted molar refractivity (Wildman–Crippen MR) is 308 cm³/mol. The monoisotopic (exact) mass is 1100 g/mol. The van der Waals surface area contributed by atoms with Crippen molar-refractivity contribution in [2.75, 3.05) is 83.4 Å². The van der Waals surface area contributed by atoms with E-state index in [0.29, 0.717) is 37.9 Å². The van der Waals surface area contributed by atoms with Gasteiger partial charge in [-0.15, -0.1) is 17.9 Å². The average molecular weight is 1100 g/mol. The van der Waals surface area contributed by atoms with Crippen molar-refractivity contribution in [1.29, 1.82) is 0 Å². The summed E-state index contributed by atoms with van der Waals surface area (Å²) in [4.78, 5) is 58.9. The molecule has 79 heavy (non-hydrogen) atoms. The molecule has 2 aliphatic heterocycles. The third kappa shape index (κ3) is 15.9. The van der Waals surface area contributed by atoms with Gasteiger partial charge in [0.05, 0.1) is 65.7 Å². The lowest BCUT2D eigenvalue weighted by Gasteiger charge is -2.35. The molecular formula is C59H77N11O8S. The van der Waals surface area contributed by atoms with Gasteiger partial charge in [0.1, 0.15) is 42.3 Å². The van der Waals surface area contributed by atoms with Gasteiger partial charge in [0, 0.05) is 51.3 Å². The number of β-amino-alcohol motifs (C(OH)–C–C–N with tert-alkyl or cyclic N) is 1. The minimum Gasteiger partial charge on any atom is -0.455 e. The number of aliphatic hydroxyl groups is 1. The van der Waals surface area contributed by atoms with Crippen molar-refractivity contribution in [2.45, 2.75) is 103 Å². The Morgan fingerprint density at radius 2 is 1.62 bits per heavy atom. The molecular weight excluding hydrogens is 1020 g/mol. The molecule has 5 heterocycles. The van der Waals surface area contributed by atoms with Crippen LogP contribution in [-0.4, -0.2) is 148 Å². The van der Waals surface area contributed by atoms with Gasteiger partial charge in [-0.25, -0.2) is 19.6 Å². The van der Waals surface area contributed by atoms with Crippen LogP contribution in [0.2, 0.25) is 0 Å². The molecule has 8 rings (SSSR count). The number of fused-ring (bicyclic) bond motifs is 1. The fourth-order valence-electron chi connectivity index (χ4n) is 10.0. The number of carbonyl (C=O) groups is 3. The van der Waals surface area contributed by atoms with Crippen LogP contribution in [0.5, 0.6) is 11.5 Å². The summed E-state index contributed by atoms with van der Waals surface area (Å²) in [5, 5.41) is 25.7. The summed E-state index contributed by atoms with van der Waals surface area (Å²) in [5.74, 6) is 0.579. The summed E-state index contributed by atoms with van der Waals surface area (Å²) in [5.41, 5.74) is 13.7. The van der Waals surface area contributed by atoms with Crippen LogP contribution in [0.3, 0.4) is 0 Å². The highest BCUT2D eigenvalue weighted by Crippen LogP contribution is 2.39. The summed E-state index contributed by atoms with van der Waals surface area (Å²) < 4.78 is 25.3. The van der Waals surface area contributed by atoms with Crippen LogP contribution >= 0.6 is 11.3 Å². The minimum atomic E-state index is -0.953. The molecule has 422 valence electrons. The second kappa shape index (κ2) is 28.4. The molecule has 6 aromatic rings. The SMILES string of the molecule is C=CCNc1cc(-c2nn(C3CCN(CCCCCCOCCOCCOCC(=O)N[C@H](C(=O)N4C[C@H](O)C[C@H]4C(=O)NCc4ccc(-c5scnc5C)cc4)C(C)(C)C)CC3)c3ncnc(N)c23)ccc1Oc1ccccc1. The second-order valence-corrected chi connectivity index (χ2v) is 22.1. The zero-order valence-electron chi connectivity index (χ0n) is 46.0. The molecule has 0 aliphatic carbocycles. The number of nitrogen functional groups attached to an aromatic ring is 1. The van der Waals surface area contributed by atoms with E-state index in [0.717, 1.165) is 114 Å². The number of nitrogens with one attached hydrogen (secondary N) is 3. The number of para-hydroxylation sites is 1. The van der Waals surface area contributed by atoms with E-state index in [1.54, 1.807) is 11.3 Å². The number of hydrogen-bond acceptors (Lipinski definition) is 16. The van der Waals surface area contributed by atoms with E-state index in [4.69, 9.17) is 29.8 Å². The number of aryl methyl sites for hydroxylation is 1. The number of hydrogen-bond donors (Lipinski definition) is 5. The number of amides is 3. The minimum absolute atomic E-state index is 0.00781. The highest BCUT2D eigenvalue weighted by Gasteiger charge is 2.44. The number of ether oxygens (including phenoxy) is 4. The Morgan fingerprint density at radius 3 is 2.34 bits per heavy atom. The van der Waals surface area contributed by atoms with Gasteiger partial charge in [-0.1, -0.05) is 82.2 Å². The first kappa shape index (κ1) is 58.3. The van der Waals surface area contributed by atoms with E-state index in [9.17, 15) is 19.5 Å². The topological polar surface area (TPSA) is 233 Å². The van der Waals surface area contributed by atoms with Gasteiger partial charge in [0.15, 0.2) is 11.4 Å². The van der Waals surface area contributed by atoms with Gasteiger partial charge < -0.3 is 55.5 Å². The van der Waals surface area contributed by atoms with Gasteiger partial charge in [-0.2, -0.15) is 5.10 Å². The number of piperidine rings is 1. The highest BCUT2D eigenvalue weighted by atomic mass is 32.1. The zero-order chi connectivity index (χ0) is 55.7. The molecule has 3 aromatic carbocycles. The number of likely N-dealkylation sites (tertiary alicyclic amines) is 2. The summed E-state index contributed by atoms with van der Waals surface area (Å²) in [6.07, 6.45) is 8.78. The summed E-state index contributed by atoms with van der Waals surface area (Å²) in [6.45, 7) is 16.9. The number of aromatic nitrogens is 5. The lowest BCUT2D eigenvalue weighted by molar-refractivity contribution is -0.144. The molecule has 0 saturated carbocycles. The van der Waals surface area contributed by atoms with Gasteiger partial charge in [-0.3, -0.25) is 14.4 Å². The maximum atomic E-state index is 14.0. The number of nitrogens with two attached hydrogens (primary N) is 1. The average Bonchev–Trinajstić information content (AvgIpc) is 4.41. The molecule has 0 spiro atoms. The van der Waals surface area contributed by atoms with E-state index < -0.39 is 35.4 Å². The number of thiazole rings is 1. The molecule has 19 nitrogen and oxygen atoms in total. The first-order valence-corrected chi connectivity index (χ1v) is 28.4. The van der Waals surface area contributed by atoms with Crippen LogP contribution in [0, 0.1) is 12.3 Å². The fourth-order valence-corrected chi connectivity index (χ4v) is 10.8. The summed E-state index contributed by atoms with van der Waals surface area (Å²) >= 11 is 1.58. The Bertz CT molecular complexity index is 2940. The Kier molecular flexibility index (Phi) is 21.0. The van der Waals surface area contributed by atoms with Crippen LogP contribution in [-0.2, 0) is 35.1 Å². The van der Waals surface area contributed by atoms with E-state index in [1.807, 2.05) is 112 Å². The quantitative estimate of drug-likeness (QED) is 0.0232. The zero-order valence-corrected chi connectivity index (χ0v) is 46.8. The Labute approximate surface area is 467 Å². The third-order valence-corrected chi connectivity index (χ3v) is 15.3. The smallest absolute Gasteiger partial charge is 0.246 e. The number of rotatable bonds is 28.